The molecule has 1 unspecified atom stereocenters. The second kappa shape index (κ2) is 7.13. The van der Waals surface area contributed by atoms with Crippen LogP contribution in [0.15, 0.2) is 29.1 Å². The molecule has 0 N–H and O–H groups in total. The molecule has 0 bridgehead atoms. The highest BCUT2D eigenvalue weighted by Crippen LogP contribution is 2.31. The van der Waals surface area contributed by atoms with E-state index in [-0.39, 0.29) is 11.0 Å². The van der Waals surface area contributed by atoms with Gasteiger partial charge in [-0.1, -0.05) is 44.9 Å². The lowest BCUT2D eigenvalue weighted by atomic mass is 9.80. The number of fused-ring (bicyclic) bond motifs is 1. The predicted octanol–water partition coefficient (Wildman–Crippen LogP) is 4.86. The normalized spacial score (nSPS) is 19.5. The van der Waals surface area contributed by atoms with E-state index in [0.29, 0.717) is 17.6 Å². The highest BCUT2D eigenvalue weighted by atomic mass is 35.5. The Morgan fingerprint density at radius 1 is 1.16 bits per heavy atom. The largest absolute Gasteiger partial charge is 0.307 e. The van der Waals surface area contributed by atoms with E-state index in [9.17, 15) is 4.79 Å². The second-order valence-electron chi connectivity index (χ2n) is 8.39. The van der Waals surface area contributed by atoms with E-state index in [1.807, 2.05) is 29.7 Å². The molecule has 1 aliphatic rings. The predicted molar refractivity (Wildman–Crippen MR) is 107 cm³/mol. The quantitative estimate of drug-likeness (QED) is 0.780. The Kier molecular flexibility index (Phi) is 5.26. The number of aromatic nitrogens is 1. The number of hydrogen-bond donors (Lipinski definition) is 0. The number of pyridine rings is 1. The summed E-state index contributed by atoms with van der Waals surface area (Å²) in [4.78, 5) is 15.2. The number of piperidine rings is 1. The smallest absolute Gasteiger partial charge is 0.251 e. The standard InChI is InChI=1S/C21H29ClN2O/c1-15-13-20(25)24(18-14-16(22)8-9-17(15)18)12-11-23-10-6-5-7-19(23)21(2,3)4/h8-9,13-14,19H,5-7,10-12H2,1-4H3. The van der Waals surface area contributed by atoms with Crippen LogP contribution < -0.4 is 5.56 Å². The molecule has 0 amide bonds. The Balaban J connectivity index is 1.90. The minimum atomic E-state index is 0.0663. The van der Waals surface area contributed by atoms with Crippen molar-refractivity contribution in [1.29, 1.82) is 0 Å². The summed E-state index contributed by atoms with van der Waals surface area (Å²) in [5.41, 5.74) is 2.29. The van der Waals surface area contributed by atoms with Gasteiger partial charge in [0.15, 0.2) is 0 Å². The first-order valence-electron chi connectivity index (χ1n) is 9.31. The van der Waals surface area contributed by atoms with Crippen LogP contribution in [0.3, 0.4) is 0 Å². The average Bonchev–Trinajstić information content (AvgIpc) is 2.53. The summed E-state index contributed by atoms with van der Waals surface area (Å²) in [5.74, 6) is 0. The molecule has 136 valence electrons. The third-order valence-corrected chi connectivity index (χ3v) is 5.74. The van der Waals surface area contributed by atoms with E-state index in [2.05, 4.69) is 25.7 Å². The summed E-state index contributed by atoms with van der Waals surface area (Å²) >= 11 is 6.20. The molecule has 4 heteroatoms. The molecule has 0 saturated carbocycles. The van der Waals surface area contributed by atoms with Crippen LogP contribution in [0, 0.1) is 12.3 Å². The Bertz CT molecular complexity index is 819. The zero-order valence-electron chi connectivity index (χ0n) is 15.8. The van der Waals surface area contributed by atoms with Crippen LogP contribution in [-0.2, 0) is 6.54 Å². The molecule has 3 nitrogen and oxygen atoms in total. The maximum atomic E-state index is 12.6. The summed E-state index contributed by atoms with van der Waals surface area (Å²) in [6.45, 7) is 11.7. The van der Waals surface area contributed by atoms with Crippen molar-refractivity contribution in [1.82, 2.24) is 9.47 Å². The molecular weight excluding hydrogens is 332 g/mol. The maximum absolute atomic E-state index is 12.6. The molecule has 1 saturated heterocycles. The summed E-state index contributed by atoms with van der Waals surface area (Å²) in [7, 11) is 0. The lowest BCUT2D eigenvalue weighted by Gasteiger charge is -2.43. The van der Waals surface area contributed by atoms with Gasteiger partial charge in [-0.2, -0.15) is 0 Å². The first-order valence-corrected chi connectivity index (χ1v) is 9.69. The Morgan fingerprint density at radius 3 is 2.64 bits per heavy atom. The van der Waals surface area contributed by atoms with E-state index in [1.165, 1.54) is 19.3 Å². The van der Waals surface area contributed by atoms with Gasteiger partial charge < -0.3 is 4.57 Å². The van der Waals surface area contributed by atoms with Crippen LogP contribution >= 0.6 is 11.6 Å². The zero-order valence-corrected chi connectivity index (χ0v) is 16.6. The van der Waals surface area contributed by atoms with Gasteiger partial charge in [0, 0.05) is 35.6 Å². The second-order valence-corrected chi connectivity index (χ2v) is 8.83. The lowest BCUT2D eigenvalue weighted by molar-refractivity contribution is 0.0610. The van der Waals surface area contributed by atoms with Crippen molar-refractivity contribution in [3.63, 3.8) is 0 Å². The van der Waals surface area contributed by atoms with Crippen molar-refractivity contribution >= 4 is 22.5 Å². The number of rotatable bonds is 3. The monoisotopic (exact) mass is 360 g/mol. The van der Waals surface area contributed by atoms with Crippen LogP contribution in [0.5, 0.6) is 0 Å². The molecule has 2 aromatic rings. The molecule has 0 radical (unpaired) electrons. The van der Waals surface area contributed by atoms with E-state index in [4.69, 9.17) is 11.6 Å². The van der Waals surface area contributed by atoms with Crippen molar-refractivity contribution in [3.05, 3.63) is 45.2 Å². The first kappa shape index (κ1) is 18.5. The van der Waals surface area contributed by atoms with Crippen molar-refractivity contribution < 1.29 is 0 Å². The van der Waals surface area contributed by atoms with E-state index < -0.39 is 0 Å². The number of benzene rings is 1. The molecule has 3 rings (SSSR count). The number of nitrogens with zero attached hydrogens (tertiary/aromatic N) is 2. The average molecular weight is 361 g/mol. The number of hydrogen-bond acceptors (Lipinski definition) is 2. The van der Waals surface area contributed by atoms with Gasteiger partial charge in [-0.3, -0.25) is 9.69 Å². The van der Waals surface area contributed by atoms with Gasteiger partial charge in [0.25, 0.3) is 5.56 Å². The van der Waals surface area contributed by atoms with Crippen molar-refractivity contribution in [3.8, 4) is 0 Å². The molecule has 1 aromatic carbocycles. The van der Waals surface area contributed by atoms with Crippen molar-refractivity contribution in [2.24, 2.45) is 5.41 Å². The first-order chi connectivity index (χ1) is 11.8. The topological polar surface area (TPSA) is 25.2 Å². The highest BCUT2D eigenvalue weighted by Gasteiger charge is 2.32. The molecule has 25 heavy (non-hydrogen) atoms. The van der Waals surface area contributed by atoms with Gasteiger partial charge in [0.1, 0.15) is 0 Å². The fraction of sp³-hybridized carbons (Fsp3) is 0.571. The number of aryl methyl sites for hydroxylation is 1. The molecule has 1 atom stereocenters. The Hall–Kier alpha value is -1.32. The fourth-order valence-electron chi connectivity index (χ4n) is 4.22. The summed E-state index contributed by atoms with van der Waals surface area (Å²) in [6.07, 6.45) is 3.81. The van der Waals surface area contributed by atoms with Crippen LogP contribution in [0.4, 0.5) is 0 Å². The highest BCUT2D eigenvalue weighted by molar-refractivity contribution is 6.31. The van der Waals surface area contributed by atoms with E-state index >= 15 is 0 Å². The molecule has 1 fully saturated rings. The maximum Gasteiger partial charge on any atom is 0.251 e. The van der Waals surface area contributed by atoms with E-state index in [0.717, 1.165) is 29.6 Å². The molecule has 0 spiro atoms. The van der Waals surface area contributed by atoms with Crippen LogP contribution in [0.1, 0.15) is 45.6 Å². The van der Waals surface area contributed by atoms with Gasteiger partial charge in [-0.05, 0) is 49.4 Å². The molecule has 2 heterocycles. The van der Waals surface area contributed by atoms with Gasteiger partial charge in [-0.15, -0.1) is 0 Å². The van der Waals surface area contributed by atoms with Gasteiger partial charge in [0.2, 0.25) is 0 Å². The SMILES string of the molecule is Cc1cc(=O)n(CCN2CCCCC2C(C)(C)C)c2cc(Cl)ccc12. The third kappa shape index (κ3) is 3.93. The zero-order chi connectivity index (χ0) is 18.2. The molecule has 1 aromatic heterocycles. The van der Waals surface area contributed by atoms with Crippen LogP contribution in [0.25, 0.3) is 10.9 Å². The van der Waals surface area contributed by atoms with Gasteiger partial charge in [-0.25, -0.2) is 0 Å². The molecule has 1 aliphatic heterocycles. The summed E-state index contributed by atoms with van der Waals surface area (Å²) in [5, 5.41) is 1.78. The Labute approximate surface area is 155 Å². The molecular formula is C21H29ClN2O. The minimum Gasteiger partial charge on any atom is -0.307 e. The third-order valence-electron chi connectivity index (χ3n) is 5.51. The van der Waals surface area contributed by atoms with Crippen LogP contribution in [0.2, 0.25) is 5.02 Å². The Morgan fingerprint density at radius 2 is 1.92 bits per heavy atom. The number of halogens is 1. The lowest BCUT2D eigenvalue weighted by Crippen LogP contribution is -2.48. The minimum absolute atomic E-state index is 0.0663. The van der Waals surface area contributed by atoms with Crippen molar-refractivity contribution in [2.75, 3.05) is 13.1 Å². The molecule has 0 aliphatic carbocycles. The van der Waals surface area contributed by atoms with Gasteiger partial charge >= 0.3 is 0 Å². The summed E-state index contributed by atoms with van der Waals surface area (Å²) in [6, 6.07) is 8.15. The summed E-state index contributed by atoms with van der Waals surface area (Å²) < 4.78 is 1.89. The van der Waals surface area contributed by atoms with E-state index in [1.54, 1.807) is 6.07 Å². The van der Waals surface area contributed by atoms with Gasteiger partial charge in [0.05, 0.1) is 5.52 Å². The van der Waals surface area contributed by atoms with Crippen LogP contribution in [-0.4, -0.2) is 28.6 Å². The fourth-order valence-corrected chi connectivity index (χ4v) is 4.39. The number of likely N-dealkylation sites (tertiary alicyclic amines) is 1. The van der Waals surface area contributed by atoms with Crippen molar-refractivity contribution in [2.45, 2.75) is 59.5 Å².